The van der Waals surface area contributed by atoms with Crippen molar-refractivity contribution in [1.29, 1.82) is 0 Å². The minimum Gasteiger partial charge on any atom is -0.481 e. The monoisotopic (exact) mass is 320 g/mol. The molecule has 0 amide bonds. The van der Waals surface area contributed by atoms with Gasteiger partial charge in [0, 0.05) is 12.3 Å². The zero-order chi connectivity index (χ0) is 17.0. The normalized spacial score (nSPS) is 23.3. The van der Waals surface area contributed by atoms with Crippen molar-refractivity contribution in [3.63, 3.8) is 0 Å². The molecule has 2 N–H and O–H groups in total. The van der Waals surface area contributed by atoms with E-state index in [0.29, 0.717) is 12.8 Å². The molecule has 1 fully saturated rings. The first-order valence-corrected chi connectivity index (χ1v) is 7.50. The first-order valence-electron chi connectivity index (χ1n) is 7.50. The maximum atomic E-state index is 12.0. The maximum absolute atomic E-state index is 12.0. The summed E-state index contributed by atoms with van der Waals surface area (Å²) in [6, 6.07) is 9.34. The molecule has 3 atom stereocenters. The summed E-state index contributed by atoms with van der Waals surface area (Å²) in [7, 11) is 0. The van der Waals surface area contributed by atoms with Gasteiger partial charge in [-0.2, -0.15) is 0 Å². The van der Waals surface area contributed by atoms with Gasteiger partial charge in [0.25, 0.3) is 0 Å². The van der Waals surface area contributed by atoms with Crippen molar-refractivity contribution in [3.8, 4) is 0 Å². The molecule has 2 rings (SSSR count). The third-order valence-corrected chi connectivity index (χ3v) is 3.93. The van der Waals surface area contributed by atoms with Gasteiger partial charge >= 0.3 is 11.9 Å². The minimum absolute atomic E-state index is 0.148. The summed E-state index contributed by atoms with van der Waals surface area (Å²) in [5.74, 6) is -2.32. The summed E-state index contributed by atoms with van der Waals surface area (Å²) in [6.45, 7) is 1.26. The minimum atomic E-state index is -1.70. The molecule has 0 radical (unpaired) electrons. The summed E-state index contributed by atoms with van der Waals surface area (Å²) in [6.07, 6.45) is -0.964. The Balaban J connectivity index is 2.03. The van der Waals surface area contributed by atoms with Crippen molar-refractivity contribution in [2.75, 3.05) is 0 Å². The number of ketones is 1. The summed E-state index contributed by atoms with van der Waals surface area (Å²) < 4.78 is 5.27. The van der Waals surface area contributed by atoms with Crippen LogP contribution in [-0.2, 0) is 19.1 Å². The molecule has 6 heteroatoms. The van der Waals surface area contributed by atoms with Crippen molar-refractivity contribution in [2.45, 2.75) is 50.2 Å². The molecule has 1 aromatic rings. The molecule has 6 nitrogen and oxygen atoms in total. The number of Topliss-reactive ketones (excluding diaryl/α,β-unsaturated/α-hetero) is 1. The molecular weight excluding hydrogens is 300 g/mol. The Morgan fingerprint density at radius 2 is 1.91 bits per heavy atom. The van der Waals surface area contributed by atoms with Crippen molar-refractivity contribution < 1.29 is 29.3 Å². The molecule has 124 valence electrons. The molecule has 1 aliphatic carbocycles. The highest BCUT2D eigenvalue weighted by atomic mass is 16.5. The zero-order valence-corrected chi connectivity index (χ0v) is 12.9. The topological polar surface area (TPSA) is 101 Å². The first-order chi connectivity index (χ1) is 10.8. The molecule has 1 saturated carbocycles. The molecule has 0 spiro atoms. The number of aliphatic hydroxyl groups is 1. The Morgan fingerprint density at radius 1 is 1.26 bits per heavy atom. The Kier molecular flexibility index (Phi) is 5.15. The molecule has 1 aromatic carbocycles. The fraction of sp³-hybridized carbons (Fsp3) is 0.471. The molecule has 0 saturated heterocycles. The predicted molar refractivity (Wildman–Crippen MR) is 80.8 cm³/mol. The van der Waals surface area contributed by atoms with Crippen LogP contribution in [0.1, 0.15) is 44.1 Å². The number of ether oxygens (including phenoxy) is 1. The van der Waals surface area contributed by atoms with Gasteiger partial charge in [0.15, 0.2) is 11.9 Å². The second kappa shape index (κ2) is 6.91. The lowest BCUT2D eigenvalue weighted by molar-refractivity contribution is -0.160. The van der Waals surface area contributed by atoms with E-state index in [1.165, 1.54) is 6.92 Å². The van der Waals surface area contributed by atoms with Crippen LogP contribution in [0.5, 0.6) is 0 Å². The van der Waals surface area contributed by atoms with E-state index in [1.54, 1.807) is 0 Å². The molecule has 0 aromatic heterocycles. The zero-order valence-electron chi connectivity index (χ0n) is 12.9. The van der Waals surface area contributed by atoms with Gasteiger partial charge in [-0.25, -0.2) is 0 Å². The van der Waals surface area contributed by atoms with Crippen LogP contribution >= 0.6 is 0 Å². The Morgan fingerprint density at radius 3 is 2.52 bits per heavy atom. The molecule has 23 heavy (non-hydrogen) atoms. The van der Waals surface area contributed by atoms with E-state index in [1.807, 2.05) is 30.3 Å². The summed E-state index contributed by atoms with van der Waals surface area (Å²) in [5, 5.41) is 18.6. The van der Waals surface area contributed by atoms with Crippen LogP contribution < -0.4 is 0 Å². The average molecular weight is 320 g/mol. The van der Waals surface area contributed by atoms with Gasteiger partial charge in [0.05, 0.1) is 18.4 Å². The Bertz CT molecular complexity index is 592. The van der Waals surface area contributed by atoms with Gasteiger partial charge in [-0.05, 0) is 18.9 Å². The van der Waals surface area contributed by atoms with Crippen LogP contribution in [0.15, 0.2) is 30.3 Å². The van der Waals surface area contributed by atoms with Crippen LogP contribution in [0.3, 0.4) is 0 Å². The molecule has 1 aliphatic rings. The number of benzene rings is 1. The van der Waals surface area contributed by atoms with Gasteiger partial charge in [-0.3, -0.25) is 14.4 Å². The number of carboxylic acid groups (broad SMARTS) is 1. The SMILES string of the molecule is CC(O)(CC(=O)O)CC(=O)OC1C(=O)CCC1c1ccccc1. The number of aliphatic carboxylic acids is 1. The van der Waals surface area contributed by atoms with Gasteiger partial charge in [0.1, 0.15) is 0 Å². The van der Waals surface area contributed by atoms with E-state index in [-0.39, 0.29) is 11.7 Å². The van der Waals surface area contributed by atoms with Crippen LogP contribution in [0, 0.1) is 0 Å². The molecule has 3 unspecified atom stereocenters. The number of carbonyl (C=O) groups excluding carboxylic acids is 2. The fourth-order valence-corrected chi connectivity index (χ4v) is 2.89. The maximum Gasteiger partial charge on any atom is 0.309 e. The second-order valence-electron chi connectivity index (χ2n) is 6.18. The van der Waals surface area contributed by atoms with E-state index in [2.05, 4.69) is 0 Å². The molecule has 0 bridgehead atoms. The third kappa shape index (κ3) is 4.63. The first kappa shape index (κ1) is 17.1. The van der Waals surface area contributed by atoms with Crippen LogP contribution in [-0.4, -0.2) is 39.6 Å². The second-order valence-corrected chi connectivity index (χ2v) is 6.18. The summed E-state index contributed by atoms with van der Waals surface area (Å²) in [5.41, 5.74) is -0.777. The Hall–Kier alpha value is -2.21. The highest BCUT2D eigenvalue weighted by molar-refractivity contribution is 5.89. The van der Waals surface area contributed by atoms with Crippen molar-refractivity contribution in [3.05, 3.63) is 35.9 Å². The lowest BCUT2D eigenvalue weighted by Gasteiger charge is -2.23. The average Bonchev–Trinajstić information content (AvgIpc) is 2.79. The third-order valence-electron chi connectivity index (χ3n) is 3.93. The highest BCUT2D eigenvalue weighted by Crippen LogP contribution is 2.35. The summed E-state index contributed by atoms with van der Waals surface area (Å²) >= 11 is 0. The number of esters is 1. The van der Waals surface area contributed by atoms with Gasteiger partial charge in [0.2, 0.25) is 0 Å². The Labute approximate surface area is 134 Å². The van der Waals surface area contributed by atoms with Gasteiger partial charge in [-0.15, -0.1) is 0 Å². The van der Waals surface area contributed by atoms with Crippen LogP contribution in [0.2, 0.25) is 0 Å². The van der Waals surface area contributed by atoms with Crippen molar-refractivity contribution >= 4 is 17.7 Å². The quantitative estimate of drug-likeness (QED) is 0.773. The highest BCUT2D eigenvalue weighted by Gasteiger charge is 2.39. The van der Waals surface area contributed by atoms with Crippen LogP contribution in [0.25, 0.3) is 0 Å². The molecular formula is C17H20O6. The standard InChI is InChI=1S/C17H20O6/c1-17(22,9-14(19)20)10-15(21)23-16-12(7-8-13(16)18)11-5-3-2-4-6-11/h2-6,12,16,22H,7-10H2,1H3,(H,19,20). The molecule has 0 aliphatic heterocycles. The number of hydrogen-bond donors (Lipinski definition) is 2. The van der Waals surface area contributed by atoms with Crippen LogP contribution in [0.4, 0.5) is 0 Å². The van der Waals surface area contributed by atoms with E-state index < -0.39 is 36.5 Å². The number of carbonyl (C=O) groups is 3. The molecule has 0 heterocycles. The van der Waals surface area contributed by atoms with E-state index in [0.717, 1.165) is 5.56 Å². The van der Waals surface area contributed by atoms with E-state index >= 15 is 0 Å². The van der Waals surface area contributed by atoms with Crippen molar-refractivity contribution in [2.24, 2.45) is 0 Å². The lowest BCUT2D eigenvalue weighted by atomic mass is 9.95. The summed E-state index contributed by atoms with van der Waals surface area (Å²) in [4.78, 5) is 34.7. The van der Waals surface area contributed by atoms with E-state index in [4.69, 9.17) is 9.84 Å². The van der Waals surface area contributed by atoms with E-state index in [9.17, 15) is 19.5 Å². The predicted octanol–water partition coefficient (Wildman–Crippen LogP) is 1.66. The number of hydrogen-bond acceptors (Lipinski definition) is 5. The van der Waals surface area contributed by atoms with Crippen molar-refractivity contribution in [1.82, 2.24) is 0 Å². The van der Waals surface area contributed by atoms with Gasteiger partial charge in [-0.1, -0.05) is 30.3 Å². The van der Waals surface area contributed by atoms with Gasteiger partial charge < -0.3 is 14.9 Å². The fourth-order valence-electron chi connectivity index (χ4n) is 2.89. The number of carboxylic acids is 1. The lowest BCUT2D eigenvalue weighted by Crippen LogP contribution is -2.35. The smallest absolute Gasteiger partial charge is 0.309 e. The number of rotatable bonds is 6. The largest absolute Gasteiger partial charge is 0.481 e.